The number of alkyl halides is 3. The third kappa shape index (κ3) is 6.30. The molecular formula is C14H18F4N2O2. The molecule has 0 radical (unpaired) electrons. The van der Waals surface area contributed by atoms with Gasteiger partial charge in [0, 0.05) is 6.54 Å². The van der Waals surface area contributed by atoms with E-state index in [1.165, 1.54) is 6.07 Å². The standard InChI is InChI=1S/C14H18F4N2O2/c1-13(2,3)22-12(21)20-19-7-6-9-4-5-10(11(15)8-9)14(16,17)18/h4-5,8,19H,6-7H2,1-3H3,(H,20,21). The van der Waals surface area contributed by atoms with Crippen molar-refractivity contribution in [2.24, 2.45) is 0 Å². The quantitative estimate of drug-likeness (QED) is 0.507. The van der Waals surface area contributed by atoms with Crippen molar-refractivity contribution in [3.8, 4) is 0 Å². The highest BCUT2D eigenvalue weighted by Crippen LogP contribution is 2.31. The summed E-state index contributed by atoms with van der Waals surface area (Å²) in [6.07, 6.45) is -5.14. The smallest absolute Gasteiger partial charge is 0.422 e. The normalized spacial score (nSPS) is 12.1. The Labute approximate surface area is 125 Å². The molecule has 0 aliphatic heterocycles. The summed E-state index contributed by atoms with van der Waals surface area (Å²) in [6, 6.07) is 2.73. The Balaban J connectivity index is 2.43. The van der Waals surface area contributed by atoms with Crippen molar-refractivity contribution in [1.29, 1.82) is 0 Å². The van der Waals surface area contributed by atoms with Gasteiger partial charge in [-0.1, -0.05) is 6.07 Å². The molecule has 4 nitrogen and oxygen atoms in total. The van der Waals surface area contributed by atoms with Crippen LogP contribution in [0, 0.1) is 5.82 Å². The van der Waals surface area contributed by atoms with E-state index in [9.17, 15) is 22.4 Å². The van der Waals surface area contributed by atoms with Crippen molar-refractivity contribution in [3.63, 3.8) is 0 Å². The van der Waals surface area contributed by atoms with Crippen molar-refractivity contribution in [1.82, 2.24) is 10.9 Å². The van der Waals surface area contributed by atoms with Crippen LogP contribution in [0.5, 0.6) is 0 Å². The maximum Gasteiger partial charge on any atom is 0.422 e. The minimum atomic E-state index is -4.71. The van der Waals surface area contributed by atoms with Gasteiger partial charge in [-0.3, -0.25) is 5.43 Å². The van der Waals surface area contributed by atoms with Crippen LogP contribution < -0.4 is 10.9 Å². The van der Waals surface area contributed by atoms with Gasteiger partial charge >= 0.3 is 12.3 Å². The summed E-state index contributed by atoms with van der Waals surface area (Å²) in [5, 5.41) is 0. The molecule has 0 saturated carbocycles. The van der Waals surface area contributed by atoms with E-state index in [4.69, 9.17) is 4.74 Å². The van der Waals surface area contributed by atoms with Gasteiger partial charge in [0.05, 0.1) is 5.56 Å². The zero-order valence-corrected chi connectivity index (χ0v) is 12.5. The number of hydrogen-bond acceptors (Lipinski definition) is 3. The third-order valence-electron chi connectivity index (χ3n) is 2.47. The van der Waals surface area contributed by atoms with E-state index < -0.39 is 29.3 Å². The van der Waals surface area contributed by atoms with Gasteiger partial charge in [-0.15, -0.1) is 0 Å². The summed E-state index contributed by atoms with van der Waals surface area (Å²) in [6.45, 7) is 5.33. The second kappa shape index (κ2) is 6.95. The lowest BCUT2D eigenvalue weighted by Crippen LogP contribution is -2.42. The third-order valence-corrected chi connectivity index (χ3v) is 2.47. The van der Waals surface area contributed by atoms with Crippen LogP contribution in [0.1, 0.15) is 31.9 Å². The van der Waals surface area contributed by atoms with Gasteiger partial charge in [0.15, 0.2) is 0 Å². The number of halogens is 4. The highest BCUT2D eigenvalue weighted by atomic mass is 19.4. The predicted molar refractivity (Wildman–Crippen MR) is 72.5 cm³/mol. The molecule has 0 aliphatic carbocycles. The molecule has 0 fully saturated rings. The van der Waals surface area contributed by atoms with Gasteiger partial charge in [0.1, 0.15) is 11.4 Å². The maximum atomic E-state index is 13.3. The molecule has 0 heterocycles. The maximum absolute atomic E-state index is 13.3. The average Bonchev–Trinajstić information content (AvgIpc) is 2.31. The molecule has 1 amide bonds. The molecule has 1 aromatic rings. The highest BCUT2D eigenvalue weighted by Gasteiger charge is 2.33. The second-order valence-electron chi connectivity index (χ2n) is 5.62. The fraction of sp³-hybridized carbons (Fsp3) is 0.500. The number of carbonyl (C=O) groups is 1. The zero-order chi connectivity index (χ0) is 17.0. The predicted octanol–water partition coefficient (Wildman–Crippen LogP) is 3.42. The summed E-state index contributed by atoms with van der Waals surface area (Å²) in [5.41, 5.74) is 3.27. The Bertz CT molecular complexity index is 525. The lowest BCUT2D eigenvalue weighted by atomic mass is 10.1. The van der Waals surface area contributed by atoms with E-state index >= 15 is 0 Å². The largest absolute Gasteiger partial charge is 0.443 e. The van der Waals surface area contributed by atoms with Crippen LogP contribution in [-0.4, -0.2) is 18.2 Å². The van der Waals surface area contributed by atoms with Crippen LogP contribution >= 0.6 is 0 Å². The molecule has 0 unspecified atom stereocenters. The van der Waals surface area contributed by atoms with Gasteiger partial charge in [-0.25, -0.2) is 14.6 Å². The minimum Gasteiger partial charge on any atom is -0.443 e. The van der Waals surface area contributed by atoms with Crippen molar-refractivity contribution in [2.45, 2.75) is 39.0 Å². The molecule has 2 N–H and O–H groups in total. The number of rotatable bonds is 4. The second-order valence-corrected chi connectivity index (χ2v) is 5.62. The molecule has 0 atom stereocenters. The molecule has 0 aromatic heterocycles. The minimum absolute atomic E-state index is 0.212. The molecule has 124 valence electrons. The van der Waals surface area contributed by atoms with Gasteiger partial charge in [0.25, 0.3) is 0 Å². The fourth-order valence-corrected chi connectivity index (χ4v) is 1.59. The Morgan fingerprint density at radius 1 is 1.23 bits per heavy atom. The molecule has 0 saturated heterocycles. The van der Waals surface area contributed by atoms with Crippen molar-refractivity contribution in [3.05, 3.63) is 35.1 Å². The summed E-state index contributed by atoms with van der Waals surface area (Å²) >= 11 is 0. The Morgan fingerprint density at radius 2 is 1.86 bits per heavy atom. The van der Waals surface area contributed by atoms with E-state index in [0.29, 0.717) is 11.6 Å². The van der Waals surface area contributed by atoms with E-state index in [-0.39, 0.29) is 13.0 Å². The van der Waals surface area contributed by atoms with Crippen LogP contribution in [0.3, 0.4) is 0 Å². The molecule has 22 heavy (non-hydrogen) atoms. The molecular weight excluding hydrogens is 304 g/mol. The number of carbonyl (C=O) groups excluding carboxylic acids is 1. The molecule has 8 heteroatoms. The fourth-order valence-electron chi connectivity index (χ4n) is 1.59. The topological polar surface area (TPSA) is 50.4 Å². The Morgan fingerprint density at radius 3 is 2.36 bits per heavy atom. The van der Waals surface area contributed by atoms with Crippen LogP contribution in [0.25, 0.3) is 0 Å². The van der Waals surface area contributed by atoms with Gasteiger partial charge in [0.2, 0.25) is 0 Å². The molecule has 0 aliphatic rings. The summed E-state index contributed by atoms with van der Waals surface area (Å²) in [4.78, 5) is 11.3. The van der Waals surface area contributed by atoms with Gasteiger partial charge in [-0.2, -0.15) is 13.2 Å². The Kier molecular flexibility index (Phi) is 5.76. The lowest BCUT2D eigenvalue weighted by molar-refractivity contribution is -0.140. The highest BCUT2D eigenvalue weighted by molar-refractivity contribution is 5.66. The van der Waals surface area contributed by atoms with Crippen LogP contribution in [-0.2, 0) is 17.3 Å². The first-order chi connectivity index (χ1) is 9.99. The molecule has 1 rings (SSSR count). The first kappa shape index (κ1) is 18.2. The summed E-state index contributed by atoms with van der Waals surface area (Å²) in [7, 11) is 0. The number of nitrogens with one attached hydrogen (secondary N) is 2. The van der Waals surface area contributed by atoms with Crippen LogP contribution in [0.15, 0.2) is 18.2 Å². The molecule has 0 bridgehead atoms. The van der Waals surface area contributed by atoms with Crippen LogP contribution in [0.2, 0.25) is 0 Å². The SMILES string of the molecule is CC(C)(C)OC(=O)NNCCc1ccc(C(F)(F)F)c(F)c1. The number of hydrazine groups is 1. The number of ether oxygens (including phenoxy) is 1. The first-order valence-corrected chi connectivity index (χ1v) is 6.56. The number of amides is 1. The lowest BCUT2D eigenvalue weighted by Gasteiger charge is -2.19. The molecule has 0 spiro atoms. The number of benzene rings is 1. The number of hydrogen-bond donors (Lipinski definition) is 2. The van der Waals surface area contributed by atoms with Crippen molar-refractivity contribution < 1.29 is 27.1 Å². The monoisotopic (exact) mass is 322 g/mol. The van der Waals surface area contributed by atoms with E-state index in [0.717, 1.165) is 6.07 Å². The summed E-state index contributed by atoms with van der Waals surface area (Å²) in [5.74, 6) is -1.31. The van der Waals surface area contributed by atoms with Crippen LogP contribution in [0.4, 0.5) is 22.4 Å². The molecule has 1 aromatic carbocycles. The van der Waals surface area contributed by atoms with E-state index in [1.54, 1.807) is 20.8 Å². The zero-order valence-electron chi connectivity index (χ0n) is 12.5. The van der Waals surface area contributed by atoms with E-state index in [1.807, 2.05) is 0 Å². The van der Waals surface area contributed by atoms with Crippen molar-refractivity contribution in [2.75, 3.05) is 6.54 Å². The summed E-state index contributed by atoms with van der Waals surface area (Å²) < 4.78 is 55.5. The van der Waals surface area contributed by atoms with E-state index in [2.05, 4.69) is 10.9 Å². The van der Waals surface area contributed by atoms with Gasteiger partial charge < -0.3 is 4.74 Å². The van der Waals surface area contributed by atoms with Crippen molar-refractivity contribution >= 4 is 6.09 Å². The van der Waals surface area contributed by atoms with Gasteiger partial charge in [-0.05, 0) is 44.9 Å². The average molecular weight is 322 g/mol. The Hall–Kier alpha value is -1.83. The first-order valence-electron chi connectivity index (χ1n) is 6.56.